The van der Waals surface area contributed by atoms with Crippen LogP contribution >= 0.6 is 0 Å². The molecule has 8 atom stereocenters. The topological polar surface area (TPSA) is 154 Å². The first-order valence-electron chi connectivity index (χ1n) is 12.9. The Labute approximate surface area is 213 Å². The summed E-state index contributed by atoms with van der Waals surface area (Å²) < 4.78 is 48.9. The third kappa shape index (κ3) is 3.43. The number of hydrogen-bond donors (Lipinski definition) is 2. The van der Waals surface area contributed by atoms with Crippen molar-refractivity contribution in [3.05, 3.63) is 24.3 Å². The van der Waals surface area contributed by atoms with Crippen LogP contribution in [-0.2, 0) is 34.0 Å². The molecule has 1 heterocycles. The number of rotatable bonds is 5. The minimum absolute atomic E-state index is 0.0729. The van der Waals surface area contributed by atoms with Crippen LogP contribution in [0, 0.1) is 46.8 Å². The van der Waals surface area contributed by atoms with Gasteiger partial charge in [0.15, 0.2) is 0 Å². The fourth-order valence-corrected chi connectivity index (χ4v) is 9.31. The molecule has 0 radical (unpaired) electrons. The van der Waals surface area contributed by atoms with Crippen molar-refractivity contribution in [2.45, 2.75) is 61.7 Å². The molecule has 8 rings (SSSR count). The maximum atomic E-state index is 13.6. The molecular formula is C26H28O10S. The van der Waals surface area contributed by atoms with Crippen molar-refractivity contribution in [3.63, 3.8) is 0 Å². The van der Waals surface area contributed by atoms with Gasteiger partial charge >= 0.3 is 17.9 Å². The number of esters is 3. The fourth-order valence-electron chi connectivity index (χ4n) is 8.83. The summed E-state index contributed by atoms with van der Waals surface area (Å²) in [5.41, 5.74) is -0.621. The van der Waals surface area contributed by atoms with Crippen molar-refractivity contribution >= 4 is 28.0 Å². The van der Waals surface area contributed by atoms with Crippen molar-refractivity contribution in [2.24, 2.45) is 46.8 Å². The second-order valence-corrected chi connectivity index (χ2v) is 13.4. The van der Waals surface area contributed by atoms with Gasteiger partial charge in [0.05, 0.1) is 28.3 Å². The number of fused-ring (bicyclic) bond motifs is 1. The lowest BCUT2D eigenvalue weighted by Gasteiger charge is -2.57. The maximum absolute atomic E-state index is 13.6. The minimum atomic E-state index is -4.39. The van der Waals surface area contributed by atoms with E-state index in [1.807, 2.05) is 0 Å². The van der Waals surface area contributed by atoms with Gasteiger partial charge in [-0.2, -0.15) is 8.42 Å². The first kappa shape index (κ1) is 23.6. The summed E-state index contributed by atoms with van der Waals surface area (Å²) >= 11 is 0. The minimum Gasteiger partial charge on any atom is -0.458 e. The third-order valence-electron chi connectivity index (χ3n) is 10.1. The van der Waals surface area contributed by atoms with Crippen molar-refractivity contribution in [1.82, 2.24) is 0 Å². The summed E-state index contributed by atoms with van der Waals surface area (Å²) in [5.74, 6) is -2.88. The van der Waals surface area contributed by atoms with Crippen molar-refractivity contribution in [3.8, 4) is 5.75 Å². The molecule has 6 bridgehead atoms. The first-order valence-corrected chi connectivity index (χ1v) is 14.4. The summed E-state index contributed by atoms with van der Waals surface area (Å²) in [7, 11) is -4.39. The van der Waals surface area contributed by atoms with E-state index in [1.54, 1.807) is 0 Å². The molecule has 1 saturated heterocycles. The van der Waals surface area contributed by atoms with Crippen LogP contribution < -0.4 is 4.74 Å². The SMILES string of the molecule is O=C1OC2C3CC(C2OC(=O)C24CC5CC(C2)C(O)C(C5)C4)C(C(=O)Oc2ccc(S(=O)(=O)O)cc2)C13. The van der Waals surface area contributed by atoms with Gasteiger partial charge in [-0.05, 0) is 80.5 Å². The van der Waals surface area contributed by atoms with Crippen LogP contribution in [0.3, 0.4) is 0 Å². The molecule has 6 saturated carbocycles. The standard InChI is InChI=1S/C26H28O10S/c27-20-12-5-11-6-13(20)10-26(8-11,9-12)25(30)36-22-17-7-16-19(24(29)35-21(16)22)18(17)23(28)34-14-1-3-15(4-2-14)37(31,32)33/h1-4,11-13,16-22,27H,5-10H2,(H,31,32,33). The lowest BCUT2D eigenvalue weighted by atomic mass is 9.48. The first-order chi connectivity index (χ1) is 17.5. The molecule has 10 nitrogen and oxygen atoms in total. The second-order valence-electron chi connectivity index (χ2n) is 12.0. The molecule has 37 heavy (non-hydrogen) atoms. The average molecular weight is 533 g/mol. The number of carbonyl (C=O) groups is 3. The molecule has 7 fully saturated rings. The van der Waals surface area contributed by atoms with Crippen molar-refractivity contribution < 1.29 is 46.7 Å². The van der Waals surface area contributed by atoms with Gasteiger partial charge in [-0.25, -0.2) is 0 Å². The highest BCUT2D eigenvalue weighted by Crippen LogP contribution is 2.62. The summed E-state index contributed by atoms with van der Waals surface area (Å²) in [6.45, 7) is 0. The molecule has 198 valence electrons. The van der Waals surface area contributed by atoms with Crippen LogP contribution in [0.15, 0.2) is 29.2 Å². The molecule has 6 aliphatic carbocycles. The Balaban J connectivity index is 1.10. The van der Waals surface area contributed by atoms with E-state index in [1.165, 1.54) is 12.1 Å². The van der Waals surface area contributed by atoms with Gasteiger partial charge in [0, 0.05) is 11.8 Å². The van der Waals surface area contributed by atoms with E-state index in [0.717, 1.165) is 31.4 Å². The number of hydrogen-bond acceptors (Lipinski definition) is 9. The molecule has 0 spiro atoms. The van der Waals surface area contributed by atoms with Gasteiger partial charge in [0.2, 0.25) is 0 Å². The average Bonchev–Trinajstić information content (AvgIpc) is 3.45. The van der Waals surface area contributed by atoms with E-state index >= 15 is 0 Å². The molecular weight excluding hydrogens is 504 g/mol. The van der Waals surface area contributed by atoms with Crippen LogP contribution in [-0.4, -0.2) is 54.3 Å². The number of carbonyl (C=O) groups excluding carboxylic acids is 3. The molecule has 0 amide bonds. The van der Waals surface area contributed by atoms with Gasteiger partial charge in [-0.15, -0.1) is 0 Å². The fraction of sp³-hybridized carbons (Fsp3) is 0.654. The van der Waals surface area contributed by atoms with E-state index in [4.69, 9.17) is 18.8 Å². The lowest BCUT2D eigenvalue weighted by molar-refractivity contribution is -0.197. The maximum Gasteiger partial charge on any atom is 0.315 e. The van der Waals surface area contributed by atoms with Gasteiger partial charge in [0.25, 0.3) is 10.1 Å². The number of ether oxygens (including phenoxy) is 3. The number of benzene rings is 1. The zero-order valence-corrected chi connectivity index (χ0v) is 20.7. The van der Waals surface area contributed by atoms with E-state index in [9.17, 15) is 27.9 Å². The Kier molecular flexibility index (Phi) is 4.95. The molecule has 11 heteroatoms. The van der Waals surface area contributed by atoms with E-state index in [0.29, 0.717) is 25.2 Å². The summed E-state index contributed by atoms with van der Waals surface area (Å²) in [4.78, 5) is 39.3. The Morgan fingerprint density at radius 2 is 1.68 bits per heavy atom. The molecule has 0 aromatic heterocycles. The Bertz CT molecular complexity index is 1270. The van der Waals surface area contributed by atoms with Crippen molar-refractivity contribution in [1.29, 1.82) is 0 Å². The molecule has 1 aromatic rings. The van der Waals surface area contributed by atoms with Crippen molar-refractivity contribution in [2.75, 3.05) is 0 Å². The van der Waals surface area contributed by atoms with Crippen LogP contribution in [0.5, 0.6) is 5.75 Å². The third-order valence-corrected chi connectivity index (χ3v) is 10.9. The highest BCUT2D eigenvalue weighted by Gasteiger charge is 2.71. The van der Waals surface area contributed by atoms with Crippen LogP contribution in [0.2, 0.25) is 0 Å². The summed E-state index contributed by atoms with van der Waals surface area (Å²) in [5, 5.41) is 10.6. The quantitative estimate of drug-likeness (QED) is 0.326. The predicted molar refractivity (Wildman–Crippen MR) is 122 cm³/mol. The smallest absolute Gasteiger partial charge is 0.315 e. The monoisotopic (exact) mass is 532 g/mol. The van der Waals surface area contributed by atoms with E-state index in [2.05, 4.69) is 0 Å². The highest BCUT2D eigenvalue weighted by atomic mass is 32.2. The predicted octanol–water partition coefficient (Wildman–Crippen LogP) is 1.75. The zero-order chi connectivity index (χ0) is 25.9. The lowest BCUT2D eigenvalue weighted by Crippen LogP contribution is -2.57. The van der Waals surface area contributed by atoms with E-state index < -0.39 is 57.4 Å². The number of aliphatic hydroxyl groups is 1. The molecule has 1 aliphatic heterocycles. The van der Waals surface area contributed by atoms with Crippen LogP contribution in [0.1, 0.15) is 38.5 Å². The summed E-state index contributed by atoms with van der Waals surface area (Å²) in [6, 6.07) is 4.74. The molecule has 7 aliphatic rings. The zero-order valence-electron chi connectivity index (χ0n) is 19.9. The largest absolute Gasteiger partial charge is 0.458 e. The molecule has 2 N–H and O–H groups in total. The van der Waals surface area contributed by atoms with Gasteiger partial charge in [-0.1, -0.05) is 0 Å². The highest BCUT2D eigenvalue weighted by molar-refractivity contribution is 7.85. The molecule has 8 unspecified atom stereocenters. The van der Waals surface area contributed by atoms with Gasteiger partial charge < -0.3 is 19.3 Å². The second kappa shape index (κ2) is 7.77. The Morgan fingerprint density at radius 3 is 2.32 bits per heavy atom. The summed E-state index contributed by atoms with van der Waals surface area (Å²) in [6.07, 6.45) is 2.73. The van der Waals surface area contributed by atoms with Gasteiger partial charge in [0.1, 0.15) is 18.0 Å². The van der Waals surface area contributed by atoms with Crippen LogP contribution in [0.25, 0.3) is 0 Å². The van der Waals surface area contributed by atoms with Crippen LogP contribution in [0.4, 0.5) is 0 Å². The Morgan fingerprint density at radius 1 is 1.00 bits per heavy atom. The molecule has 1 aromatic carbocycles. The number of aliphatic hydroxyl groups excluding tert-OH is 1. The van der Waals surface area contributed by atoms with E-state index in [-0.39, 0.29) is 40.5 Å². The van der Waals surface area contributed by atoms with Gasteiger partial charge in [-0.3, -0.25) is 18.9 Å². The Hall–Kier alpha value is -2.50. The normalized spacial score (nSPS) is 44.6.